The van der Waals surface area contributed by atoms with Gasteiger partial charge in [-0.15, -0.1) is 11.3 Å². The molecule has 1 N–H and O–H groups in total. The van der Waals surface area contributed by atoms with Gasteiger partial charge in [-0.25, -0.2) is 14.8 Å². The monoisotopic (exact) mass is 551 g/mol. The van der Waals surface area contributed by atoms with Crippen LogP contribution in [0.3, 0.4) is 0 Å². The van der Waals surface area contributed by atoms with Crippen LogP contribution < -0.4 is 5.32 Å². The van der Waals surface area contributed by atoms with Crippen molar-refractivity contribution in [2.75, 3.05) is 5.32 Å². The van der Waals surface area contributed by atoms with Crippen LogP contribution >= 0.6 is 34.5 Å². The summed E-state index contributed by atoms with van der Waals surface area (Å²) in [5, 5.41) is 5.74. The van der Waals surface area contributed by atoms with Gasteiger partial charge in [0.1, 0.15) is 5.52 Å². The molecule has 0 fully saturated rings. The normalized spacial score (nSPS) is 11.9. The average Bonchev–Trinajstić information content (AvgIpc) is 3.56. The lowest BCUT2D eigenvalue weighted by atomic mass is 10.1. The number of thiazole rings is 1. The first-order valence-electron chi connectivity index (χ1n) is 11.3. The summed E-state index contributed by atoms with van der Waals surface area (Å²) in [5.41, 5.74) is 3.41. The first-order chi connectivity index (χ1) is 17.9. The second kappa shape index (κ2) is 10.7. The Morgan fingerprint density at radius 3 is 2.59 bits per heavy atom. The number of halogens is 2. The number of esters is 1. The summed E-state index contributed by atoms with van der Waals surface area (Å²) in [6, 6.07) is 19.3. The van der Waals surface area contributed by atoms with Crippen molar-refractivity contribution in [3.05, 3.63) is 87.7 Å². The van der Waals surface area contributed by atoms with E-state index in [4.69, 9.17) is 32.4 Å². The van der Waals surface area contributed by atoms with Crippen molar-refractivity contribution in [3.8, 4) is 22.7 Å². The van der Waals surface area contributed by atoms with E-state index in [0.29, 0.717) is 43.4 Å². The van der Waals surface area contributed by atoms with E-state index >= 15 is 0 Å². The third kappa shape index (κ3) is 5.36. The number of benzene rings is 3. The molecule has 1 amide bonds. The second-order valence-corrected chi connectivity index (χ2v) is 9.66. The predicted octanol–water partition coefficient (Wildman–Crippen LogP) is 7.50. The fourth-order valence-electron chi connectivity index (χ4n) is 3.66. The van der Waals surface area contributed by atoms with Crippen LogP contribution in [-0.2, 0) is 9.53 Å². The number of rotatable bonds is 7. The van der Waals surface area contributed by atoms with Gasteiger partial charge in [-0.2, -0.15) is 0 Å². The second-order valence-electron chi connectivity index (χ2n) is 7.99. The summed E-state index contributed by atoms with van der Waals surface area (Å²) in [7, 11) is 0. The van der Waals surface area contributed by atoms with Gasteiger partial charge in [0.15, 0.2) is 16.8 Å². The van der Waals surface area contributed by atoms with E-state index in [9.17, 15) is 9.59 Å². The Morgan fingerprint density at radius 1 is 1.03 bits per heavy atom. The Kier molecular flexibility index (Phi) is 7.23. The first kappa shape index (κ1) is 25.0. The van der Waals surface area contributed by atoms with Crippen LogP contribution in [0.1, 0.15) is 23.7 Å². The van der Waals surface area contributed by atoms with Gasteiger partial charge >= 0.3 is 5.97 Å². The summed E-state index contributed by atoms with van der Waals surface area (Å²) in [6.45, 7) is 1.76. The minimum atomic E-state index is -1.03. The van der Waals surface area contributed by atoms with Crippen molar-refractivity contribution >= 4 is 62.6 Å². The number of carbonyl (C=O) groups excluding carboxylic acids is 2. The van der Waals surface area contributed by atoms with Crippen LogP contribution in [0, 0.1) is 0 Å². The zero-order valence-corrected chi connectivity index (χ0v) is 21.7. The highest BCUT2D eigenvalue weighted by Crippen LogP contribution is 2.31. The van der Waals surface area contributed by atoms with Crippen molar-refractivity contribution in [1.29, 1.82) is 0 Å². The van der Waals surface area contributed by atoms with Crippen molar-refractivity contribution in [2.24, 2.45) is 0 Å². The number of oxazole rings is 1. The third-order valence-electron chi connectivity index (χ3n) is 5.53. The van der Waals surface area contributed by atoms with Crippen LogP contribution in [0.4, 0.5) is 5.13 Å². The Morgan fingerprint density at radius 2 is 1.81 bits per heavy atom. The third-order valence-corrected chi connectivity index (χ3v) is 7.03. The van der Waals surface area contributed by atoms with Crippen LogP contribution in [-0.4, -0.2) is 27.9 Å². The zero-order chi connectivity index (χ0) is 25.9. The molecule has 0 saturated carbocycles. The molecule has 0 aliphatic carbocycles. The summed E-state index contributed by atoms with van der Waals surface area (Å²) in [5.74, 6) is -0.843. The van der Waals surface area contributed by atoms with Crippen molar-refractivity contribution < 1.29 is 18.7 Å². The predicted molar refractivity (Wildman–Crippen MR) is 145 cm³/mol. The van der Waals surface area contributed by atoms with Gasteiger partial charge in [-0.1, -0.05) is 60.5 Å². The van der Waals surface area contributed by atoms with E-state index in [-0.39, 0.29) is 12.0 Å². The molecule has 2 aromatic heterocycles. The number of anilines is 1. The highest BCUT2D eigenvalue weighted by Gasteiger charge is 2.25. The number of aromatic nitrogens is 2. The molecule has 186 valence electrons. The summed E-state index contributed by atoms with van der Waals surface area (Å²) in [4.78, 5) is 35.0. The molecule has 1 atom stereocenters. The molecule has 0 saturated heterocycles. The zero-order valence-electron chi connectivity index (χ0n) is 19.4. The number of amides is 1. The maximum atomic E-state index is 13.1. The molecule has 37 heavy (non-hydrogen) atoms. The van der Waals surface area contributed by atoms with Crippen LogP contribution in [0.2, 0.25) is 10.0 Å². The molecule has 5 rings (SSSR count). The number of nitrogens with zero attached hydrogens (tertiary/aromatic N) is 2. The molecule has 0 aliphatic heterocycles. The van der Waals surface area contributed by atoms with Crippen LogP contribution in [0.15, 0.2) is 76.5 Å². The van der Waals surface area contributed by atoms with Gasteiger partial charge in [0, 0.05) is 10.9 Å². The number of ether oxygens (including phenoxy) is 1. The largest absolute Gasteiger partial charge is 0.449 e. The van der Waals surface area contributed by atoms with E-state index in [1.54, 1.807) is 60.8 Å². The Balaban J connectivity index is 1.31. The summed E-state index contributed by atoms with van der Waals surface area (Å²) in [6.07, 6.45) is -0.755. The molecule has 3 aromatic carbocycles. The highest BCUT2D eigenvalue weighted by atomic mass is 35.5. The molecule has 1 unspecified atom stereocenters. The molecule has 2 heterocycles. The molecule has 0 radical (unpaired) electrons. The van der Waals surface area contributed by atoms with Gasteiger partial charge in [0.2, 0.25) is 5.89 Å². The minimum absolute atomic E-state index is 0.247. The molecule has 0 bridgehead atoms. The number of carbonyl (C=O) groups is 2. The number of para-hydroxylation sites is 2. The Bertz CT molecular complexity index is 1580. The van der Waals surface area contributed by atoms with Crippen molar-refractivity contribution in [1.82, 2.24) is 9.97 Å². The Hall–Kier alpha value is -3.72. The number of fused-ring (bicyclic) bond motifs is 1. The maximum absolute atomic E-state index is 13.1. The van der Waals surface area contributed by atoms with Crippen LogP contribution in [0.25, 0.3) is 33.8 Å². The van der Waals surface area contributed by atoms with Gasteiger partial charge < -0.3 is 9.15 Å². The van der Waals surface area contributed by atoms with E-state index in [1.165, 1.54) is 11.3 Å². The summed E-state index contributed by atoms with van der Waals surface area (Å²) >= 11 is 13.3. The molecule has 10 heteroatoms. The van der Waals surface area contributed by atoms with E-state index in [1.807, 2.05) is 18.2 Å². The molecule has 0 aliphatic rings. The fraction of sp³-hybridized carbons (Fsp3) is 0.111. The Labute approximate surface area is 226 Å². The van der Waals surface area contributed by atoms with Gasteiger partial charge in [-0.3, -0.25) is 10.1 Å². The van der Waals surface area contributed by atoms with Gasteiger partial charge in [0.05, 0.1) is 26.9 Å². The smallest absolute Gasteiger partial charge is 0.339 e. The highest BCUT2D eigenvalue weighted by molar-refractivity contribution is 7.14. The number of hydrogen-bond acceptors (Lipinski definition) is 7. The average molecular weight is 552 g/mol. The van der Waals surface area contributed by atoms with Crippen molar-refractivity contribution in [3.63, 3.8) is 0 Å². The minimum Gasteiger partial charge on any atom is -0.449 e. The van der Waals surface area contributed by atoms with Gasteiger partial charge in [-0.05, 0) is 42.8 Å². The molecule has 0 spiro atoms. The lowest BCUT2D eigenvalue weighted by Crippen LogP contribution is -2.32. The summed E-state index contributed by atoms with van der Waals surface area (Å²) < 4.78 is 11.4. The molecule has 5 aromatic rings. The molecular weight excluding hydrogens is 533 g/mol. The number of hydrogen-bond donors (Lipinski definition) is 1. The maximum Gasteiger partial charge on any atom is 0.339 e. The first-order valence-corrected chi connectivity index (χ1v) is 12.9. The van der Waals surface area contributed by atoms with Crippen LogP contribution in [0.5, 0.6) is 0 Å². The SMILES string of the molecule is CCC(OC(=O)c1ccccc1-c1nc2ccccc2o1)C(=O)Nc1nc(-c2ccc(Cl)c(Cl)c2)cs1. The topological polar surface area (TPSA) is 94.3 Å². The molecule has 7 nitrogen and oxygen atoms in total. The number of nitrogens with one attached hydrogen (secondary N) is 1. The van der Waals surface area contributed by atoms with E-state index < -0.39 is 18.0 Å². The standard InChI is InChI=1S/C27H19Cl2N3O4S/c1-2-22(24(33)32-27-31-21(14-37-27)15-11-12-18(28)19(29)13-15)36-26(34)17-8-4-3-7-16(17)25-30-20-9-5-6-10-23(20)35-25/h3-14,22H,2H2,1H3,(H,31,32,33). The van der Waals surface area contributed by atoms with Gasteiger partial charge in [0.25, 0.3) is 5.91 Å². The molecular formula is C27H19Cl2N3O4S. The van der Waals surface area contributed by atoms with Crippen molar-refractivity contribution in [2.45, 2.75) is 19.4 Å². The lowest BCUT2D eigenvalue weighted by Gasteiger charge is -2.16. The lowest BCUT2D eigenvalue weighted by molar-refractivity contribution is -0.124. The van der Waals surface area contributed by atoms with E-state index in [2.05, 4.69) is 15.3 Å². The quantitative estimate of drug-likeness (QED) is 0.210. The van der Waals surface area contributed by atoms with E-state index in [0.717, 1.165) is 5.56 Å². The fourth-order valence-corrected chi connectivity index (χ4v) is 4.68.